The summed E-state index contributed by atoms with van der Waals surface area (Å²) in [5.74, 6) is 0.624. The molecule has 0 radical (unpaired) electrons. The van der Waals surface area contributed by atoms with Crippen LogP contribution in [0.4, 0.5) is 17.3 Å². The van der Waals surface area contributed by atoms with Gasteiger partial charge in [0.1, 0.15) is 5.69 Å². The molecule has 23 heavy (non-hydrogen) atoms. The summed E-state index contributed by atoms with van der Waals surface area (Å²) in [6.45, 7) is 0.0693. The normalized spacial score (nSPS) is 11.3. The summed E-state index contributed by atoms with van der Waals surface area (Å²) in [7, 11) is -0.0338. The molecule has 1 aromatic carbocycles. The molecular formula is C12H15N5O5S. The van der Waals surface area contributed by atoms with E-state index >= 15 is 0 Å². The number of sulfone groups is 1. The molecule has 0 amide bonds. The molecular weight excluding hydrogens is 326 g/mol. The van der Waals surface area contributed by atoms with Crippen LogP contribution >= 0.6 is 0 Å². The molecule has 0 saturated heterocycles. The van der Waals surface area contributed by atoms with Gasteiger partial charge in [-0.3, -0.25) is 10.1 Å². The molecule has 2 aromatic rings. The molecule has 0 fully saturated rings. The highest BCUT2D eigenvalue weighted by Gasteiger charge is 2.19. The minimum absolute atomic E-state index is 0.0693. The second kappa shape index (κ2) is 6.20. The van der Waals surface area contributed by atoms with Gasteiger partial charge in [-0.15, -0.1) is 0 Å². The fraction of sp³-hybridized carbons (Fsp3) is 0.333. The van der Waals surface area contributed by atoms with Crippen LogP contribution in [-0.2, 0) is 16.4 Å². The third kappa shape index (κ3) is 3.94. The molecule has 1 heterocycles. The zero-order valence-corrected chi connectivity index (χ0v) is 13.5. The van der Waals surface area contributed by atoms with Gasteiger partial charge in [0.05, 0.1) is 16.4 Å². The second-order valence-electron chi connectivity index (χ2n) is 4.94. The lowest BCUT2D eigenvalue weighted by atomic mass is 10.2. The molecule has 0 spiro atoms. The Morgan fingerprint density at radius 2 is 2.09 bits per heavy atom. The van der Waals surface area contributed by atoms with Crippen molar-refractivity contribution in [2.24, 2.45) is 0 Å². The average Bonchev–Trinajstić information content (AvgIpc) is 2.92. The molecule has 0 aliphatic rings. The van der Waals surface area contributed by atoms with Crippen LogP contribution in [0.3, 0.4) is 0 Å². The molecule has 11 heteroatoms. The first-order valence-corrected chi connectivity index (χ1v) is 8.30. The van der Waals surface area contributed by atoms with Crippen molar-refractivity contribution in [1.82, 2.24) is 10.1 Å². The Bertz CT molecular complexity index is 830. The first kappa shape index (κ1) is 16.7. The predicted octanol–water partition coefficient (Wildman–Crippen LogP) is 1.06. The summed E-state index contributed by atoms with van der Waals surface area (Å²) >= 11 is 0. The highest BCUT2D eigenvalue weighted by molar-refractivity contribution is 7.90. The highest BCUT2D eigenvalue weighted by atomic mass is 32.2. The van der Waals surface area contributed by atoms with E-state index in [0.717, 1.165) is 12.3 Å². The number of benzene rings is 1. The summed E-state index contributed by atoms with van der Waals surface area (Å²) in [6.07, 6.45) is 0.986. The second-order valence-corrected chi connectivity index (χ2v) is 6.96. The Kier molecular flexibility index (Phi) is 4.50. The third-order valence-corrected chi connectivity index (χ3v) is 3.99. The zero-order chi connectivity index (χ0) is 17.2. The number of nitro benzene ring substituents is 1. The van der Waals surface area contributed by atoms with Crippen LogP contribution < -0.4 is 10.2 Å². The Balaban J connectivity index is 2.23. The molecule has 1 N–H and O–H groups in total. The number of nitrogens with zero attached hydrogens (tertiary/aromatic N) is 4. The van der Waals surface area contributed by atoms with Crippen molar-refractivity contribution in [2.75, 3.05) is 30.6 Å². The van der Waals surface area contributed by atoms with Crippen LogP contribution in [0.15, 0.2) is 27.6 Å². The van der Waals surface area contributed by atoms with Crippen molar-refractivity contribution in [1.29, 1.82) is 0 Å². The van der Waals surface area contributed by atoms with Gasteiger partial charge in [-0.1, -0.05) is 0 Å². The van der Waals surface area contributed by atoms with E-state index in [1.165, 1.54) is 12.1 Å². The summed E-state index contributed by atoms with van der Waals surface area (Å²) in [4.78, 5) is 16.1. The summed E-state index contributed by atoms with van der Waals surface area (Å²) in [5, 5.41) is 17.6. The largest absolute Gasteiger partial charge is 0.371 e. The van der Waals surface area contributed by atoms with E-state index in [-0.39, 0.29) is 28.7 Å². The van der Waals surface area contributed by atoms with E-state index < -0.39 is 14.8 Å². The molecule has 0 aliphatic heterocycles. The van der Waals surface area contributed by atoms with Gasteiger partial charge in [-0.2, -0.15) is 4.98 Å². The van der Waals surface area contributed by atoms with E-state index in [2.05, 4.69) is 15.5 Å². The Labute approximate surface area is 132 Å². The van der Waals surface area contributed by atoms with Gasteiger partial charge in [0.25, 0.3) is 11.6 Å². The lowest BCUT2D eigenvalue weighted by Gasteiger charge is -2.06. The van der Waals surface area contributed by atoms with Crippen molar-refractivity contribution < 1.29 is 17.9 Å². The van der Waals surface area contributed by atoms with Gasteiger partial charge in [-0.05, 0) is 17.3 Å². The van der Waals surface area contributed by atoms with Crippen LogP contribution in [0.25, 0.3) is 0 Å². The smallest absolute Gasteiger partial charge is 0.293 e. The zero-order valence-electron chi connectivity index (χ0n) is 12.7. The first-order chi connectivity index (χ1) is 10.7. The van der Waals surface area contributed by atoms with Crippen molar-refractivity contribution in [2.45, 2.75) is 11.4 Å². The van der Waals surface area contributed by atoms with Crippen molar-refractivity contribution in [3.8, 4) is 0 Å². The van der Waals surface area contributed by atoms with Gasteiger partial charge in [0, 0.05) is 26.4 Å². The predicted molar refractivity (Wildman–Crippen MR) is 82.2 cm³/mol. The summed E-state index contributed by atoms with van der Waals surface area (Å²) < 4.78 is 28.0. The Morgan fingerprint density at radius 3 is 2.61 bits per heavy atom. The van der Waals surface area contributed by atoms with E-state index in [4.69, 9.17) is 4.52 Å². The van der Waals surface area contributed by atoms with E-state index in [9.17, 15) is 18.5 Å². The average molecular weight is 341 g/mol. The lowest BCUT2D eigenvalue weighted by molar-refractivity contribution is -0.384. The number of hydrogen-bond donors (Lipinski definition) is 1. The minimum atomic E-state index is -3.53. The standard InChI is InChI=1S/C12H15N5O5S/c1-16(2)12-14-11(22-15-12)7-13-9-5-4-8(23(3,20)21)6-10(9)17(18)19/h4-6,13H,7H2,1-3H3. The monoisotopic (exact) mass is 341 g/mol. The minimum Gasteiger partial charge on any atom is -0.371 e. The number of rotatable bonds is 6. The topological polar surface area (TPSA) is 131 Å². The van der Waals surface area contributed by atoms with Gasteiger partial charge in [-0.25, -0.2) is 8.42 Å². The Hall–Kier alpha value is -2.69. The molecule has 1 aromatic heterocycles. The molecule has 10 nitrogen and oxygen atoms in total. The molecule has 124 valence electrons. The van der Waals surface area contributed by atoms with Gasteiger partial charge >= 0.3 is 0 Å². The number of hydrogen-bond acceptors (Lipinski definition) is 9. The molecule has 2 rings (SSSR count). The van der Waals surface area contributed by atoms with E-state index in [1.807, 2.05) is 0 Å². The number of anilines is 2. The fourth-order valence-corrected chi connectivity index (χ4v) is 2.35. The number of nitrogens with one attached hydrogen (secondary N) is 1. The van der Waals surface area contributed by atoms with Gasteiger partial charge in [0.2, 0.25) is 5.89 Å². The maximum absolute atomic E-state index is 11.5. The number of aromatic nitrogens is 2. The van der Waals surface area contributed by atoms with Crippen LogP contribution in [0.2, 0.25) is 0 Å². The van der Waals surface area contributed by atoms with Crippen molar-refractivity contribution >= 4 is 27.2 Å². The first-order valence-electron chi connectivity index (χ1n) is 6.41. The van der Waals surface area contributed by atoms with E-state index in [1.54, 1.807) is 19.0 Å². The fourth-order valence-electron chi connectivity index (χ4n) is 1.71. The van der Waals surface area contributed by atoms with Crippen LogP contribution in [0.1, 0.15) is 5.89 Å². The molecule has 0 bridgehead atoms. The SMILES string of the molecule is CN(C)c1noc(CNc2ccc(S(C)(=O)=O)cc2[N+](=O)[O-])n1. The maximum Gasteiger partial charge on any atom is 0.293 e. The molecule has 0 unspecified atom stereocenters. The van der Waals surface area contributed by atoms with Gasteiger partial charge < -0.3 is 14.7 Å². The number of nitro groups is 1. The van der Waals surface area contributed by atoms with Gasteiger partial charge in [0.15, 0.2) is 9.84 Å². The van der Waals surface area contributed by atoms with Crippen LogP contribution in [-0.4, -0.2) is 43.8 Å². The summed E-state index contributed by atoms with van der Waals surface area (Å²) in [5.41, 5.74) is -0.188. The lowest BCUT2D eigenvalue weighted by Crippen LogP contribution is -2.10. The van der Waals surface area contributed by atoms with Crippen molar-refractivity contribution in [3.63, 3.8) is 0 Å². The molecule has 0 aliphatic carbocycles. The molecule has 0 atom stereocenters. The third-order valence-electron chi connectivity index (χ3n) is 2.88. The maximum atomic E-state index is 11.5. The van der Waals surface area contributed by atoms with Crippen LogP contribution in [0.5, 0.6) is 0 Å². The Morgan fingerprint density at radius 1 is 1.39 bits per heavy atom. The summed E-state index contributed by atoms with van der Waals surface area (Å²) in [6, 6.07) is 3.64. The van der Waals surface area contributed by atoms with Crippen LogP contribution in [0, 0.1) is 10.1 Å². The molecule has 0 saturated carbocycles. The highest BCUT2D eigenvalue weighted by Crippen LogP contribution is 2.28. The quantitative estimate of drug-likeness (QED) is 0.605. The van der Waals surface area contributed by atoms with Crippen molar-refractivity contribution in [3.05, 3.63) is 34.2 Å². The van der Waals surface area contributed by atoms with E-state index in [0.29, 0.717) is 5.95 Å².